The number of fused-ring (bicyclic) bond motifs is 13. The van der Waals surface area contributed by atoms with Crippen molar-refractivity contribution in [1.82, 2.24) is 18.9 Å². The normalized spacial score (nSPS) is 12.0. The molecule has 6 aromatic carbocycles. The van der Waals surface area contributed by atoms with Crippen molar-refractivity contribution in [2.75, 3.05) is 0 Å². The van der Waals surface area contributed by atoms with Crippen LogP contribution in [0.15, 0.2) is 150 Å². The molecule has 0 bridgehead atoms. The molecule has 5 nitrogen and oxygen atoms in total. The summed E-state index contributed by atoms with van der Waals surface area (Å²) in [7, 11) is 0. The Labute approximate surface area is 264 Å². The van der Waals surface area contributed by atoms with Crippen molar-refractivity contribution in [2.45, 2.75) is 6.42 Å². The van der Waals surface area contributed by atoms with Gasteiger partial charge in [-0.05, 0) is 80.4 Å². The SMILES string of the molecule is c1ccc2c(c1)-c1ccccc1-c1ccc(-n3c4ccccc4n4c5cccc(Cc6ncco6)c5nc34)cc1-c1ccccc1-2. The number of para-hydroxylation sites is 3. The molecule has 216 valence electrons. The summed E-state index contributed by atoms with van der Waals surface area (Å²) in [6, 6.07) is 48.1. The van der Waals surface area contributed by atoms with Gasteiger partial charge in [-0.25, -0.2) is 9.97 Å². The first kappa shape index (κ1) is 25.2. The quantitative estimate of drug-likeness (QED) is 0.206. The van der Waals surface area contributed by atoms with Crippen LogP contribution in [0.2, 0.25) is 0 Å². The number of imidazole rings is 2. The zero-order chi connectivity index (χ0) is 30.2. The van der Waals surface area contributed by atoms with Gasteiger partial charge in [0.25, 0.3) is 0 Å². The first-order valence-electron chi connectivity index (χ1n) is 15.5. The van der Waals surface area contributed by atoms with Crippen LogP contribution in [-0.2, 0) is 6.42 Å². The van der Waals surface area contributed by atoms with E-state index in [4.69, 9.17) is 9.40 Å². The van der Waals surface area contributed by atoms with E-state index in [0.717, 1.165) is 39.1 Å². The summed E-state index contributed by atoms with van der Waals surface area (Å²) >= 11 is 0. The molecule has 5 heteroatoms. The molecule has 0 atom stereocenters. The third kappa shape index (κ3) is 3.57. The van der Waals surface area contributed by atoms with Crippen molar-refractivity contribution in [2.24, 2.45) is 0 Å². The topological polar surface area (TPSA) is 48.3 Å². The van der Waals surface area contributed by atoms with Gasteiger partial charge in [0.05, 0.1) is 34.7 Å². The summed E-state index contributed by atoms with van der Waals surface area (Å²) < 4.78 is 10.2. The van der Waals surface area contributed by atoms with Crippen LogP contribution in [0.4, 0.5) is 0 Å². The lowest BCUT2D eigenvalue weighted by Gasteiger charge is -2.23. The lowest BCUT2D eigenvalue weighted by molar-refractivity contribution is 0.507. The summed E-state index contributed by atoms with van der Waals surface area (Å²) in [6.45, 7) is 0. The molecule has 0 amide bonds. The van der Waals surface area contributed by atoms with Crippen molar-refractivity contribution in [3.8, 4) is 50.2 Å². The largest absolute Gasteiger partial charge is 0.449 e. The zero-order valence-corrected chi connectivity index (χ0v) is 24.8. The average molecular weight is 591 g/mol. The number of hydrogen-bond acceptors (Lipinski definition) is 3. The highest BCUT2D eigenvalue weighted by molar-refractivity contribution is 6.03. The lowest BCUT2D eigenvalue weighted by Crippen LogP contribution is -2.00. The van der Waals surface area contributed by atoms with Crippen molar-refractivity contribution >= 4 is 27.8 Å². The van der Waals surface area contributed by atoms with Crippen LogP contribution in [0.25, 0.3) is 78.0 Å². The second kappa shape index (κ2) is 9.65. The van der Waals surface area contributed by atoms with E-state index in [1.54, 1.807) is 12.5 Å². The van der Waals surface area contributed by atoms with E-state index < -0.39 is 0 Å². The molecule has 10 rings (SSSR count). The molecule has 0 unspecified atom stereocenters. The Bertz CT molecular complexity index is 2620. The second-order valence-electron chi connectivity index (χ2n) is 11.8. The number of rotatable bonds is 3. The molecule has 9 aromatic rings. The summed E-state index contributed by atoms with van der Waals surface area (Å²) in [4.78, 5) is 9.69. The van der Waals surface area contributed by atoms with Gasteiger partial charge >= 0.3 is 0 Å². The highest BCUT2D eigenvalue weighted by atomic mass is 16.3. The number of oxazole rings is 1. The van der Waals surface area contributed by atoms with Crippen LogP contribution < -0.4 is 0 Å². The lowest BCUT2D eigenvalue weighted by atomic mass is 9.81. The molecule has 46 heavy (non-hydrogen) atoms. The number of aromatic nitrogens is 4. The minimum atomic E-state index is 0.582. The second-order valence-corrected chi connectivity index (χ2v) is 11.8. The Morgan fingerprint density at radius 1 is 0.522 bits per heavy atom. The first-order chi connectivity index (χ1) is 22.8. The maximum absolute atomic E-state index is 5.60. The van der Waals surface area contributed by atoms with Crippen LogP contribution in [0.3, 0.4) is 0 Å². The van der Waals surface area contributed by atoms with Crippen molar-refractivity contribution in [3.05, 3.63) is 157 Å². The highest BCUT2D eigenvalue weighted by Crippen LogP contribution is 2.48. The minimum absolute atomic E-state index is 0.582. The van der Waals surface area contributed by atoms with E-state index in [1.165, 1.54) is 44.5 Å². The van der Waals surface area contributed by atoms with Gasteiger partial charge in [0.15, 0.2) is 5.89 Å². The van der Waals surface area contributed by atoms with Crippen molar-refractivity contribution < 1.29 is 4.42 Å². The molecule has 0 aliphatic heterocycles. The van der Waals surface area contributed by atoms with Gasteiger partial charge in [0, 0.05) is 5.69 Å². The fourth-order valence-corrected chi connectivity index (χ4v) is 7.37. The Balaban J connectivity index is 1.27. The summed E-state index contributed by atoms with van der Waals surface area (Å²) in [6.07, 6.45) is 3.89. The Morgan fingerprint density at radius 2 is 1.09 bits per heavy atom. The van der Waals surface area contributed by atoms with Crippen LogP contribution in [0, 0.1) is 0 Å². The molecule has 0 saturated heterocycles. The fraction of sp³-hybridized carbons (Fsp3) is 0.0244. The third-order valence-corrected chi connectivity index (χ3v) is 9.34. The molecule has 0 spiro atoms. The fourth-order valence-electron chi connectivity index (χ4n) is 7.37. The van der Waals surface area contributed by atoms with Gasteiger partial charge in [0.1, 0.15) is 6.26 Å². The van der Waals surface area contributed by atoms with E-state index in [9.17, 15) is 0 Å². The smallest absolute Gasteiger partial charge is 0.220 e. The van der Waals surface area contributed by atoms with Crippen molar-refractivity contribution in [1.29, 1.82) is 0 Å². The van der Waals surface area contributed by atoms with Crippen molar-refractivity contribution in [3.63, 3.8) is 0 Å². The van der Waals surface area contributed by atoms with Crippen LogP contribution in [-0.4, -0.2) is 18.9 Å². The summed E-state index contributed by atoms with van der Waals surface area (Å²) in [5.41, 5.74) is 16.2. The van der Waals surface area contributed by atoms with E-state index in [-0.39, 0.29) is 0 Å². The molecular formula is C41H26N4O. The molecule has 3 heterocycles. The molecule has 0 saturated carbocycles. The first-order valence-corrected chi connectivity index (χ1v) is 15.5. The van der Waals surface area contributed by atoms with Gasteiger partial charge in [-0.3, -0.25) is 8.97 Å². The van der Waals surface area contributed by atoms with E-state index in [2.05, 4.69) is 147 Å². The Morgan fingerprint density at radius 3 is 1.72 bits per heavy atom. The van der Waals surface area contributed by atoms with Crippen LogP contribution in [0.1, 0.15) is 11.5 Å². The Kier molecular flexibility index (Phi) is 5.28. The molecule has 0 radical (unpaired) electrons. The summed E-state index contributed by atoms with van der Waals surface area (Å²) in [5, 5.41) is 0. The maximum atomic E-state index is 5.60. The summed E-state index contributed by atoms with van der Waals surface area (Å²) in [5.74, 6) is 1.56. The number of nitrogens with zero attached hydrogens (tertiary/aromatic N) is 4. The maximum Gasteiger partial charge on any atom is 0.220 e. The number of benzene rings is 6. The van der Waals surface area contributed by atoms with E-state index >= 15 is 0 Å². The monoisotopic (exact) mass is 590 g/mol. The molecule has 1 aliphatic carbocycles. The van der Waals surface area contributed by atoms with Gasteiger partial charge in [-0.15, -0.1) is 0 Å². The molecule has 1 aliphatic rings. The predicted molar refractivity (Wildman–Crippen MR) is 184 cm³/mol. The van der Waals surface area contributed by atoms with Gasteiger partial charge in [-0.2, -0.15) is 0 Å². The Hall–Kier alpha value is -6.20. The van der Waals surface area contributed by atoms with Crippen LogP contribution >= 0.6 is 0 Å². The predicted octanol–water partition coefficient (Wildman–Crippen LogP) is 9.99. The zero-order valence-electron chi connectivity index (χ0n) is 24.8. The van der Waals surface area contributed by atoms with Crippen LogP contribution in [0.5, 0.6) is 0 Å². The average Bonchev–Trinajstić information content (AvgIpc) is 3.84. The molecule has 0 fully saturated rings. The molecule has 0 N–H and O–H groups in total. The van der Waals surface area contributed by atoms with Gasteiger partial charge in [-0.1, -0.05) is 103 Å². The van der Waals surface area contributed by atoms with Gasteiger partial charge in [0.2, 0.25) is 5.78 Å². The highest BCUT2D eigenvalue weighted by Gasteiger charge is 2.24. The molecule has 3 aromatic heterocycles. The van der Waals surface area contributed by atoms with E-state index in [0.29, 0.717) is 12.3 Å². The standard InChI is InChI=1S/C41H26N4O/c1-2-12-29-28(11-1)30-13-3-4-15-32(30)34-21-20-27(25-35(34)33-16-6-5-14-31(29)33)44-36-17-7-8-18-37(36)45-38-19-9-10-26(40(38)43-41(44)45)24-39-42-22-23-46-39/h1-23,25H,24H2. The van der Waals surface area contributed by atoms with E-state index in [1.807, 2.05) is 0 Å². The minimum Gasteiger partial charge on any atom is -0.449 e. The number of hydrogen-bond donors (Lipinski definition) is 0. The third-order valence-electron chi connectivity index (χ3n) is 9.34. The molecular weight excluding hydrogens is 564 g/mol. The van der Waals surface area contributed by atoms with Gasteiger partial charge < -0.3 is 4.42 Å².